The van der Waals surface area contributed by atoms with Gasteiger partial charge in [-0.2, -0.15) is 5.10 Å². The molecular weight excluding hydrogens is 347 g/mol. The van der Waals surface area contributed by atoms with Gasteiger partial charge in [-0.05, 0) is 30.7 Å². The lowest BCUT2D eigenvalue weighted by Gasteiger charge is -2.10. The standard InChI is InChI=1S/C18H12Cl2N2O2/c1-9-2-4-12-10(6-9)7-13-16(18(23)24)21-22(17(12)13)15-5-3-11(19)8-14(15)20/h2-6,8H,7H2,1H3,(H,23,24). The fourth-order valence-electron chi connectivity index (χ4n) is 3.18. The second kappa shape index (κ2) is 5.36. The molecule has 1 aromatic heterocycles. The third-order valence-corrected chi connectivity index (χ3v) is 4.74. The molecule has 1 aliphatic carbocycles. The number of aromatic carboxylic acids is 1. The molecule has 4 rings (SSSR count). The van der Waals surface area contributed by atoms with Crippen LogP contribution in [0.4, 0.5) is 0 Å². The maximum Gasteiger partial charge on any atom is 0.356 e. The largest absolute Gasteiger partial charge is 0.476 e. The molecule has 1 heterocycles. The Morgan fingerprint density at radius 3 is 2.71 bits per heavy atom. The maximum absolute atomic E-state index is 11.6. The normalized spacial score (nSPS) is 12.1. The summed E-state index contributed by atoms with van der Waals surface area (Å²) in [6, 6.07) is 11.2. The number of nitrogens with zero attached hydrogens (tertiary/aromatic N) is 2. The molecule has 6 heteroatoms. The first kappa shape index (κ1) is 15.2. The zero-order valence-electron chi connectivity index (χ0n) is 12.7. The summed E-state index contributed by atoms with van der Waals surface area (Å²) in [6.45, 7) is 2.02. The van der Waals surface area contributed by atoms with Crippen molar-refractivity contribution in [3.05, 3.63) is 68.8 Å². The van der Waals surface area contributed by atoms with Crippen LogP contribution in [0.2, 0.25) is 10.0 Å². The van der Waals surface area contributed by atoms with Crippen LogP contribution in [0.5, 0.6) is 0 Å². The highest BCUT2D eigenvalue weighted by Gasteiger charge is 2.31. The van der Waals surface area contributed by atoms with Gasteiger partial charge in [-0.1, -0.05) is 47.0 Å². The molecule has 2 aromatic carbocycles. The van der Waals surface area contributed by atoms with E-state index < -0.39 is 5.97 Å². The number of aromatic nitrogens is 2. The zero-order chi connectivity index (χ0) is 17.0. The van der Waals surface area contributed by atoms with Crippen LogP contribution in [0.3, 0.4) is 0 Å². The Labute approximate surface area is 148 Å². The summed E-state index contributed by atoms with van der Waals surface area (Å²) in [5.41, 5.74) is 5.40. The monoisotopic (exact) mass is 358 g/mol. The molecule has 0 radical (unpaired) electrons. The van der Waals surface area contributed by atoms with E-state index >= 15 is 0 Å². The number of aryl methyl sites for hydroxylation is 1. The third-order valence-electron chi connectivity index (χ3n) is 4.21. The molecule has 0 atom stereocenters. The van der Waals surface area contributed by atoms with E-state index in [1.807, 2.05) is 19.1 Å². The summed E-state index contributed by atoms with van der Waals surface area (Å²) in [4.78, 5) is 11.6. The molecule has 1 aliphatic rings. The van der Waals surface area contributed by atoms with Gasteiger partial charge < -0.3 is 5.11 Å². The van der Waals surface area contributed by atoms with Crippen molar-refractivity contribution < 1.29 is 9.90 Å². The smallest absolute Gasteiger partial charge is 0.356 e. The Balaban J connectivity index is 2.02. The summed E-state index contributed by atoms with van der Waals surface area (Å²) in [5.74, 6) is -1.04. The van der Waals surface area contributed by atoms with Gasteiger partial charge >= 0.3 is 5.97 Å². The van der Waals surface area contributed by atoms with Crippen LogP contribution in [0.15, 0.2) is 36.4 Å². The van der Waals surface area contributed by atoms with Crippen molar-refractivity contribution in [2.24, 2.45) is 0 Å². The molecule has 4 nitrogen and oxygen atoms in total. The van der Waals surface area contributed by atoms with Crippen LogP contribution >= 0.6 is 23.2 Å². The van der Waals surface area contributed by atoms with E-state index in [1.54, 1.807) is 22.9 Å². The molecular formula is C18H12Cl2N2O2. The Kier molecular flexibility index (Phi) is 3.41. The molecule has 0 amide bonds. The number of benzene rings is 2. The summed E-state index contributed by atoms with van der Waals surface area (Å²) in [7, 11) is 0. The second-order valence-corrected chi connectivity index (χ2v) is 6.67. The van der Waals surface area contributed by atoms with Gasteiger partial charge in [-0.25, -0.2) is 9.48 Å². The number of rotatable bonds is 2. The van der Waals surface area contributed by atoms with Crippen molar-refractivity contribution in [3.8, 4) is 16.9 Å². The summed E-state index contributed by atoms with van der Waals surface area (Å²) < 4.78 is 1.61. The molecule has 0 saturated heterocycles. The third kappa shape index (κ3) is 2.22. The van der Waals surface area contributed by atoms with Gasteiger partial charge in [0, 0.05) is 22.6 Å². The first-order valence-corrected chi connectivity index (χ1v) is 8.12. The van der Waals surface area contributed by atoms with Crippen LogP contribution < -0.4 is 0 Å². The van der Waals surface area contributed by atoms with Crippen molar-refractivity contribution in [2.45, 2.75) is 13.3 Å². The average Bonchev–Trinajstić information content (AvgIpc) is 3.03. The lowest BCUT2D eigenvalue weighted by molar-refractivity contribution is 0.0689. The Morgan fingerprint density at radius 1 is 1.21 bits per heavy atom. The lowest BCUT2D eigenvalue weighted by atomic mass is 10.1. The summed E-state index contributed by atoms with van der Waals surface area (Å²) in [6.07, 6.45) is 0.555. The maximum atomic E-state index is 11.6. The van der Waals surface area contributed by atoms with Crippen LogP contribution in [0.1, 0.15) is 27.2 Å². The van der Waals surface area contributed by atoms with Crippen LogP contribution in [-0.4, -0.2) is 20.9 Å². The van der Waals surface area contributed by atoms with Crippen LogP contribution in [0.25, 0.3) is 16.9 Å². The van der Waals surface area contributed by atoms with Crippen molar-refractivity contribution in [3.63, 3.8) is 0 Å². The number of carboxylic acids is 1. The number of carboxylic acid groups (broad SMARTS) is 1. The molecule has 0 fully saturated rings. The average molecular weight is 359 g/mol. The van der Waals surface area contributed by atoms with E-state index in [2.05, 4.69) is 11.2 Å². The molecule has 24 heavy (non-hydrogen) atoms. The van der Waals surface area contributed by atoms with Crippen LogP contribution in [-0.2, 0) is 6.42 Å². The minimum atomic E-state index is -1.04. The first-order valence-electron chi connectivity index (χ1n) is 7.36. The number of fused-ring (bicyclic) bond motifs is 3. The Bertz CT molecular complexity index is 1010. The lowest BCUT2D eigenvalue weighted by Crippen LogP contribution is -2.04. The quantitative estimate of drug-likeness (QED) is 0.562. The predicted octanol–water partition coefficient (Wildman–Crippen LogP) is 4.76. The second-order valence-electron chi connectivity index (χ2n) is 5.83. The highest BCUT2D eigenvalue weighted by atomic mass is 35.5. The van der Waals surface area contributed by atoms with Gasteiger partial charge in [0.2, 0.25) is 0 Å². The zero-order valence-corrected chi connectivity index (χ0v) is 14.2. The minimum absolute atomic E-state index is 0.0601. The Hall–Kier alpha value is -2.30. The number of hydrogen-bond donors (Lipinski definition) is 1. The summed E-state index contributed by atoms with van der Waals surface area (Å²) >= 11 is 12.3. The highest BCUT2D eigenvalue weighted by Crippen LogP contribution is 2.41. The van der Waals surface area contributed by atoms with E-state index in [4.69, 9.17) is 23.2 Å². The first-order chi connectivity index (χ1) is 11.5. The van der Waals surface area contributed by atoms with E-state index in [-0.39, 0.29) is 5.69 Å². The fraction of sp³-hybridized carbons (Fsp3) is 0.111. The van der Waals surface area contributed by atoms with Gasteiger partial charge in [0.15, 0.2) is 5.69 Å². The van der Waals surface area contributed by atoms with Gasteiger partial charge in [0.25, 0.3) is 0 Å². The molecule has 0 unspecified atom stereocenters. The van der Waals surface area contributed by atoms with Crippen LogP contribution in [0, 0.1) is 6.92 Å². The van der Waals surface area contributed by atoms with Crippen molar-refractivity contribution in [2.75, 3.05) is 0 Å². The molecule has 0 spiro atoms. The topological polar surface area (TPSA) is 55.1 Å². The molecule has 0 saturated carbocycles. The molecule has 3 aromatic rings. The van der Waals surface area contributed by atoms with Crippen molar-refractivity contribution in [1.82, 2.24) is 9.78 Å². The van der Waals surface area contributed by atoms with Crippen molar-refractivity contribution >= 4 is 29.2 Å². The van der Waals surface area contributed by atoms with Crippen molar-refractivity contribution in [1.29, 1.82) is 0 Å². The van der Waals surface area contributed by atoms with Gasteiger partial charge in [0.1, 0.15) is 0 Å². The summed E-state index contributed by atoms with van der Waals surface area (Å²) in [5, 5.41) is 14.8. The van der Waals surface area contributed by atoms with Gasteiger partial charge in [-0.3, -0.25) is 0 Å². The highest BCUT2D eigenvalue weighted by molar-refractivity contribution is 6.35. The molecule has 1 N–H and O–H groups in total. The van der Waals surface area contributed by atoms with E-state index in [9.17, 15) is 9.90 Å². The fourth-order valence-corrected chi connectivity index (χ4v) is 3.67. The SMILES string of the molecule is Cc1ccc2c(c1)Cc1c(C(=O)O)nn(-c3ccc(Cl)cc3Cl)c1-2. The molecule has 0 aliphatic heterocycles. The Morgan fingerprint density at radius 2 is 2.00 bits per heavy atom. The van der Waals surface area contributed by atoms with E-state index in [0.29, 0.717) is 27.7 Å². The molecule has 120 valence electrons. The predicted molar refractivity (Wildman–Crippen MR) is 93.5 cm³/mol. The number of halogens is 2. The molecule has 0 bridgehead atoms. The number of hydrogen-bond acceptors (Lipinski definition) is 2. The minimum Gasteiger partial charge on any atom is -0.476 e. The van der Waals surface area contributed by atoms with Gasteiger partial charge in [0.05, 0.1) is 16.4 Å². The van der Waals surface area contributed by atoms with Gasteiger partial charge in [-0.15, -0.1) is 0 Å². The number of carbonyl (C=O) groups is 1. The van der Waals surface area contributed by atoms with E-state index in [1.165, 1.54) is 0 Å². The van der Waals surface area contributed by atoms with E-state index in [0.717, 1.165) is 22.4 Å².